The van der Waals surface area contributed by atoms with E-state index in [4.69, 9.17) is 5.11 Å². The van der Waals surface area contributed by atoms with Crippen LogP contribution in [-0.2, 0) is 0 Å². The monoisotopic (exact) mass is 243 g/mol. The van der Waals surface area contributed by atoms with Gasteiger partial charge < -0.3 is 10.4 Å². The molecule has 1 rings (SSSR count). The fourth-order valence-electron chi connectivity index (χ4n) is 1.03. The Morgan fingerprint density at radius 2 is 2.23 bits per heavy atom. The van der Waals surface area contributed by atoms with Gasteiger partial charge in [0.2, 0.25) is 0 Å². The summed E-state index contributed by atoms with van der Waals surface area (Å²) in [7, 11) is 0. The Labute approximate surface area is 87.1 Å². The third-order valence-electron chi connectivity index (χ3n) is 1.71. The quantitative estimate of drug-likeness (QED) is 0.856. The van der Waals surface area contributed by atoms with Gasteiger partial charge in [-0.15, -0.1) is 0 Å². The fraction of sp³-hybridized carbons (Fsp3) is 0.400. The van der Waals surface area contributed by atoms with E-state index in [-0.39, 0.29) is 6.10 Å². The molecule has 0 amide bonds. The first-order chi connectivity index (χ1) is 6.09. The second-order valence-electron chi connectivity index (χ2n) is 3.21. The number of benzene rings is 1. The van der Waals surface area contributed by atoms with Crippen molar-refractivity contribution in [3.63, 3.8) is 0 Å². The number of aliphatic hydroxyl groups is 1. The summed E-state index contributed by atoms with van der Waals surface area (Å²) in [6.45, 7) is 4.37. The molecule has 0 saturated heterocycles. The molecule has 0 aliphatic rings. The summed E-state index contributed by atoms with van der Waals surface area (Å²) in [6, 6.07) is 6.09. The van der Waals surface area contributed by atoms with Crippen LogP contribution in [0.4, 0.5) is 5.69 Å². The van der Waals surface area contributed by atoms with Crippen molar-refractivity contribution in [2.24, 2.45) is 0 Å². The zero-order chi connectivity index (χ0) is 9.84. The van der Waals surface area contributed by atoms with E-state index in [2.05, 4.69) is 21.2 Å². The summed E-state index contributed by atoms with van der Waals surface area (Å²) < 4.78 is 1.03. The summed E-state index contributed by atoms with van der Waals surface area (Å²) >= 11 is 3.44. The molecule has 3 heteroatoms. The molecule has 0 aromatic heterocycles. The minimum atomic E-state index is -0.326. The molecule has 72 valence electrons. The maximum Gasteiger partial charge on any atom is 0.0684 e. The zero-order valence-corrected chi connectivity index (χ0v) is 9.43. The normalized spacial score (nSPS) is 12.6. The van der Waals surface area contributed by atoms with Crippen LogP contribution in [0, 0.1) is 6.92 Å². The number of hydrogen-bond acceptors (Lipinski definition) is 2. The lowest BCUT2D eigenvalue weighted by molar-refractivity contribution is 0.208. The van der Waals surface area contributed by atoms with Crippen molar-refractivity contribution in [3.05, 3.63) is 28.2 Å². The predicted molar refractivity (Wildman–Crippen MR) is 59.0 cm³/mol. The zero-order valence-electron chi connectivity index (χ0n) is 7.84. The van der Waals surface area contributed by atoms with E-state index < -0.39 is 0 Å². The number of rotatable bonds is 3. The highest BCUT2D eigenvalue weighted by Crippen LogP contribution is 2.23. The van der Waals surface area contributed by atoms with Gasteiger partial charge >= 0.3 is 0 Å². The van der Waals surface area contributed by atoms with Crippen LogP contribution in [0.1, 0.15) is 12.5 Å². The smallest absolute Gasteiger partial charge is 0.0684 e. The molecule has 0 aliphatic heterocycles. The van der Waals surface area contributed by atoms with Crippen molar-refractivity contribution in [1.82, 2.24) is 0 Å². The minimum Gasteiger partial charge on any atom is -0.392 e. The van der Waals surface area contributed by atoms with Crippen LogP contribution in [0.15, 0.2) is 22.7 Å². The van der Waals surface area contributed by atoms with Crippen LogP contribution in [0.3, 0.4) is 0 Å². The van der Waals surface area contributed by atoms with Crippen LogP contribution in [0.5, 0.6) is 0 Å². The van der Waals surface area contributed by atoms with E-state index in [1.807, 2.05) is 25.1 Å². The molecule has 1 atom stereocenters. The maximum atomic E-state index is 9.10. The van der Waals surface area contributed by atoms with Crippen LogP contribution < -0.4 is 5.32 Å². The fourth-order valence-corrected chi connectivity index (χ4v) is 1.42. The number of aryl methyl sites for hydroxylation is 1. The van der Waals surface area contributed by atoms with Gasteiger partial charge in [-0.05, 0) is 47.5 Å². The van der Waals surface area contributed by atoms with E-state index in [1.165, 1.54) is 5.56 Å². The minimum absolute atomic E-state index is 0.326. The van der Waals surface area contributed by atoms with Crippen molar-refractivity contribution in [2.75, 3.05) is 11.9 Å². The number of hydrogen-bond donors (Lipinski definition) is 2. The average molecular weight is 244 g/mol. The first kappa shape index (κ1) is 10.5. The Morgan fingerprint density at radius 3 is 2.85 bits per heavy atom. The molecule has 1 aromatic rings. The van der Waals surface area contributed by atoms with Gasteiger partial charge in [-0.1, -0.05) is 6.07 Å². The van der Waals surface area contributed by atoms with Crippen LogP contribution >= 0.6 is 15.9 Å². The summed E-state index contributed by atoms with van der Waals surface area (Å²) in [5.74, 6) is 0. The third-order valence-corrected chi connectivity index (χ3v) is 2.40. The van der Waals surface area contributed by atoms with E-state index >= 15 is 0 Å². The Kier molecular flexibility index (Phi) is 3.75. The van der Waals surface area contributed by atoms with Crippen molar-refractivity contribution in [2.45, 2.75) is 20.0 Å². The van der Waals surface area contributed by atoms with Crippen molar-refractivity contribution in [1.29, 1.82) is 0 Å². The summed E-state index contributed by atoms with van der Waals surface area (Å²) in [5, 5.41) is 12.3. The number of anilines is 1. The van der Waals surface area contributed by atoms with Gasteiger partial charge in [0.1, 0.15) is 0 Å². The lowest BCUT2D eigenvalue weighted by Crippen LogP contribution is -2.15. The number of halogens is 1. The Bertz CT molecular complexity index is 286. The largest absolute Gasteiger partial charge is 0.392 e. The lowest BCUT2D eigenvalue weighted by atomic mass is 10.2. The number of nitrogens with one attached hydrogen (secondary N) is 1. The third kappa shape index (κ3) is 3.36. The highest BCUT2D eigenvalue weighted by molar-refractivity contribution is 9.10. The molecule has 2 N–H and O–H groups in total. The van der Waals surface area contributed by atoms with E-state index in [0.29, 0.717) is 6.54 Å². The summed E-state index contributed by atoms with van der Waals surface area (Å²) in [4.78, 5) is 0. The van der Waals surface area contributed by atoms with Gasteiger partial charge in [-0.3, -0.25) is 0 Å². The Balaban J connectivity index is 2.70. The van der Waals surface area contributed by atoms with E-state index in [9.17, 15) is 0 Å². The molecule has 1 unspecified atom stereocenters. The Morgan fingerprint density at radius 1 is 1.54 bits per heavy atom. The van der Waals surface area contributed by atoms with E-state index in [0.717, 1.165) is 10.2 Å². The second kappa shape index (κ2) is 4.63. The van der Waals surface area contributed by atoms with Crippen molar-refractivity contribution < 1.29 is 5.11 Å². The predicted octanol–water partition coefficient (Wildman–Crippen LogP) is 2.55. The molecule has 0 aliphatic carbocycles. The van der Waals surface area contributed by atoms with Crippen LogP contribution in [0.25, 0.3) is 0 Å². The molecule has 0 fully saturated rings. The summed E-state index contributed by atoms with van der Waals surface area (Å²) in [6.07, 6.45) is -0.326. The van der Waals surface area contributed by atoms with Crippen LogP contribution in [-0.4, -0.2) is 17.8 Å². The van der Waals surface area contributed by atoms with Crippen LogP contribution in [0.2, 0.25) is 0 Å². The standard InChI is InChI=1S/C10H14BrNO/c1-7-3-4-9(11)10(5-7)12-6-8(2)13/h3-5,8,12-13H,6H2,1-2H3. The molecular formula is C10H14BrNO. The highest BCUT2D eigenvalue weighted by Gasteiger charge is 2.00. The van der Waals surface area contributed by atoms with Crippen molar-refractivity contribution >= 4 is 21.6 Å². The maximum absolute atomic E-state index is 9.10. The molecule has 0 saturated carbocycles. The molecule has 0 spiro atoms. The van der Waals surface area contributed by atoms with Gasteiger partial charge in [0.15, 0.2) is 0 Å². The van der Waals surface area contributed by atoms with Gasteiger partial charge in [0, 0.05) is 16.7 Å². The van der Waals surface area contributed by atoms with Gasteiger partial charge in [0.05, 0.1) is 6.10 Å². The first-order valence-corrected chi connectivity index (χ1v) is 5.07. The van der Waals surface area contributed by atoms with Gasteiger partial charge in [-0.25, -0.2) is 0 Å². The molecular weight excluding hydrogens is 230 g/mol. The molecule has 2 nitrogen and oxygen atoms in total. The topological polar surface area (TPSA) is 32.3 Å². The molecule has 1 aromatic carbocycles. The Hall–Kier alpha value is -0.540. The molecule has 0 bridgehead atoms. The second-order valence-corrected chi connectivity index (χ2v) is 4.07. The molecule has 0 heterocycles. The summed E-state index contributed by atoms with van der Waals surface area (Å²) in [5.41, 5.74) is 2.23. The average Bonchev–Trinajstić information content (AvgIpc) is 2.06. The van der Waals surface area contributed by atoms with Crippen molar-refractivity contribution in [3.8, 4) is 0 Å². The number of aliphatic hydroxyl groups excluding tert-OH is 1. The highest BCUT2D eigenvalue weighted by atomic mass is 79.9. The molecule has 0 radical (unpaired) electrons. The van der Waals surface area contributed by atoms with E-state index in [1.54, 1.807) is 6.92 Å². The SMILES string of the molecule is Cc1ccc(Br)c(NCC(C)O)c1. The molecule has 13 heavy (non-hydrogen) atoms. The van der Waals surface area contributed by atoms with Gasteiger partial charge in [0.25, 0.3) is 0 Å². The first-order valence-electron chi connectivity index (χ1n) is 4.27. The lowest BCUT2D eigenvalue weighted by Gasteiger charge is -2.10. The van der Waals surface area contributed by atoms with Gasteiger partial charge in [-0.2, -0.15) is 0 Å².